The van der Waals surface area contributed by atoms with Gasteiger partial charge in [-0.3, -0.25) is 4.79 Å². The smallest absolute Gasteiger partial charge is 0.265 e. The minimum Gasteiger partial charge on any atom is -0.485 e. The number of carbonyl (C=O) groups excluding carboxylic acids is 1. The molecule has 0 radical (unpaired) electrons. The molecule has 126 valence electrons. The molecule has 1 N–H and O–H groups in total. The molecule has 24 heavy (non-hydrogen) atoms. The van der Waals surface area contributed by atoms with Crippen LogP contribution in [0.4, 0.5) is 0 Å². The summed E-state index contributed by atoms with van der Waals surface area (Å²) >= 11 is 0. The van der Waals surface area contributed by atoms with Gasteiger partial charge in [0, 0.05) is 0 Å². The van der Waals surface area contributed by atoms with Crippen molar-refractivity contribution in [2.24, 2.45) is 0 Å². The third-order valence-corrected chi connectivity index (χ3v) is 4.46. The predicted molar refractivity (Wildman–Crippen MR) is 93.4 cm³/mol. The maximum absolute atomic E-state index is 12.6. The van der Waals surface area contributed by atoms with E-state index in [0.29, 0.717) is 11.5 Å². The molecule has 2 aromatic carbocycles. The van der Waals surface area contributed by atoms with Crippen molar-refractivity contribution in [3.8, 4) is 11.5 Å². The zero-order valence-electron chi connectivity index (χ0n) is 14.3. The molecule has 0 fully saturated rings. The van der Waals surface area contributed by atoms with Gasteiger partial charge in [-0.1, -0.05) is 37.3 Å². The summed E-state index contributed by atoms with van der Waals surface area (Å²) in [7, 11) is 0. The number of hydrogen-bond acceptors (Lipinski definition) is 3. The van der Waals surface area contributed by atoms with Crippen molar-refractivity contribution in [2.75, 3.05) is 6.61 Å². The van der Waals surface area contributed by atoms with Gasteiger partial charge in [0.15, 0.2) is 11.5 Å². The highest BCUT2D eigenvalue weighted by Crippen LogP contribution is 2.31. The Bertz CT molecular complexity index is 741. The minimum atomic E-state index is -0.625. The largest absolute Gasteiger partial charge is 0.485 e. The number of nitrogens with one attached hydrogen (secondary N) is 1. The van der Waals surface area contributed by atoms with Gasteiger partial charge >= 0.3 is 0 Å². The first-order chi connectivity index (χ1) is 11.6. The van der Waals surface area contributed by atoms with Crippen LogP contribution >= 0.6 is 0 Å². The number of para-hydroxylation sites is 2. The van der Waals surface area contributed by atoms with E-state index in [1.807, 2.05) is 24.3 Å². The van der Waals surface area contributed by atoms with Crippen LogP contribution in [0.15, 0.2) is 42.5 Å². The summed E-state index contributed by atoms with van der Waals surface area (Å²) in [5.74, 6) is 1.15. The lowest BCUT2D eigenvalue weighted by Gasteiger charge is -2.27. The normalized spacial score (nSPS) is 17.2. The first-order valence-electron chi connectivity index (χ1n) is 8.34. The van der Waals surface area contributed by atoms with E-state index in [4.69, 9.17) is 9.47 Å². The molecule has 0 saturated heterocycles. The lowest BCUT2D eigenvalue weighted by atomic mass is 9.99. The molecule has 0 saturated carbocycles. The van der Waals surface area contributed by atoms with Crippen molar-refractivity contribution in [3.05, 3.63) is 59.2 Å². The van der Waals surface area contributed by atoms with Crippen LogP contribution in [0.2, 0.25) is 0 Å². The molecular formula is C20H23NO3. The number of rotatable bonds is 4. The quantitative estimate of drug-likeness (QED) is 0.932. The number of carbonyl (C=O) groups is 1. The van der Waals surface area contributed by atoms with Crippen molar-refractivity contribution < 1.29 is 14.3 Å². The molecule has 0 bridgehead atoms. The van der Waals surface area contributed by atoms with Gasteiger partial charge in [-0.25, -0.2) is 0 Å². The number of aryl methyl sites for hydroxylation is 2. The zero-order chi connectivity index (χ0) is 17.1. The molecular weight excluding hydrogens is 302 g/mol. The first kappa shape index (κ1) is 16.4. The third kappa shape index (κ3) is 3.37. The SMILES string of the molecule is CC[C@H](NC(=O)[C@H]1COc2ccccc2O1)c1ccc(C)c(C)c1. The first-order valence-corrected chi connectivity index (χ1v) is 8.34. The van der Waals surface area contributed by atoms with E-state index in [9.17, 15) is 4.79 Å². The molecule has 4 nitrogen and oxygen atoms in total. The van der Waals surface area contributed by atoms with Crippen LogP contribution in [0.1, 0.15) is 36.1 Å². The van der Waals surface area contributed by atoms with Gasteiger partial charge in [-0.05, 0) is 49.1 Å². The number of hydrogen-bond donors (Lipinski definition) is 1. The second-order valence-electron chi connectivity index (χ2n) is 6.18. The van der Waals surface area contributed by atoms with E-state index in [1.54, 1.807) is 0 Å². The standard InChI is InChI=1S/C20H23NO3/c1-4-16(15-10-9-13(2)14(3)11-15)21-20(22)19-12-23-17-7-5-6-8-18(17)24-19/h5-11,16,19H,4,12H2,1-3H3,(H,21,22)/t16-,19+/m0/s1. The number of benzene rings is 2. The van der Waals surface area contributed by atoms with E-state index >= 15 is 0 Å². The molecule has 1 heterocycles. The Morgan fingerprint density at radius 3 is 2.62 bits per heavy atom. The predicted octanol–water partition coefficient (Wildman–Crippen LogP) is 3.71. The van der Waals surface area contributed by atoms with E-state index in [2.05, 4.69) is 44.3 Å². The summed E-state index contributed by atoms with van der Waals surface area (Å²) in [5.41, 5.74) is 3.60. The Morgan fingerprint density at radius 1 is 1.17 bits per heavy atom. The maximum atomic E-state index is 12.6. The van der Waals surface area contributed by atoms with Gasteiger partial charge in [0.25, 0.3) is 5.91 Å². The highest BCUT2D eigenvalue weighted by Gasteiger charge is 2.28. The van der Waals surface area contributed by atoms with Crippen LogP contribution in [0, 0.1) is 13.8 Å². The summed E-state index contributed by atoms with van der Waals surface area (Å²) in [4.78, 5) is 12.6. The number of ether oxygens (including phenoxy) is 2. The molecule has 4 heteroatoms. The van der Waals surface area contributed by atoms with Gasteiger partial charge in [0.2, 0.25) is 6.10 Å². The van der Waals surface area contributed by atoms with Gasteiger partial charge in [-0.2, -0.15) is 0 Å². The molecule has 2 aromatic rings. The second kappa shape index (κ2) is 6.95. The van der Waals surface area contributed by atoms with Crippen LogP contribution in [0.25, 0.3) is 0 Å². The summed E-state index contributed by atoms with van der Waals surface area (Å²) in [6, 6.07) is 13.7. The number of amides is 1. The Labute approximate surface area is 142 Å². The fourth-order valence-electron chi connectivity index (χ4n) is 2.82. The highest BCUT2D eigenvalue weighted by molar-refractivity contribution is 5.82. The van der Waals surface area contributed by atoms with Crippen LogP contribution < -0.4 is 14.8 Å². The molecule has 0 aliphatic carbocycles. The van der Waals surface area contributed by atoms with Crippen molar-refractivity contribution in [3.63, 3.8) is 0 Å². The van der Waals surface area contributed by atoms with Gasteiger partial charge in [-0.15, -0.1) is 0 Å². The van der Waals surface area contributed by atoms with Crippen LogP contribution in [0.5, 0.6) is 11.5 Å². The van der Waals surface area contributed by atoms with E-state index in [0.717, 1.165) is 12.0 Å². The lowest BCUT2D eigenvalue weighted by Crippen LogP contribution is -2.45. The Balaban J connectivity index is 1.70. The molecule has 3 rings (SSSR count). The molecule has 1 aliphatic heterocycles. The van der Waals surface area contributed by atoms with Crippen molar-refractivity contribution in [1.82, 2.24) is 5.32 Å². The van der Waals surface area contributed by atoms with Crippen LogP contribution in [-0.2, 0) is 4.79 Å². The monoisotopic (exact) mass is 325 g/mol. The molecule has 1 aliphatic rings. The summed E-state index contributed by atoms with van der Waals surface area (Å²) < 4.78 is 11.4. The topological polar surface area (TPSA) is 47.6 Å². The highest BCUT2D eigenvalue weighted by atomic mass is 16.6. The van der Waals surface area contributed by atoms with Crippen molar-refractivity contribution in [1.29, 1.82) is 0 Å². The summed E-state index contributed by atoms with van der Waals surface area (Å²) in [6.45, 7) is 6.46. The third-order valence-electron chi connectivity index (χ3n) is 4.46. The Morgan fingerprint density at radius 2 is 1.92 bits per heavy atom. The molecule has 2 atom stereocenters. The van der Waals surface area contributed by atoms with Gasteiger partial charge < -0.3 is 14.8 Å². The average Bonchev–Trinajstić information content (AvgIpc) is 2.61. The van der Waals surface area contributed by atoms with Gasteiger partial charge in [0.05, 0.1) is 6.04 Å². The Hall–Kier alpha value is -2.49. The lowest BCUT2D eigenvalue weighted by molar-refractivity contribution is -0.131. The average molecular weight is 325 g/mol. The zero-order valence-corrected chi connectivity index (χ0v) is 14.3. The summed E-state index contributed by atoms with van der Waals surface area (Å²) in [6.07, 6.45) is 0.193. The van der Waals surface area contributed by atoms with Crippen molar-refractivity contribution in [2.45, 2.75) is 39.3 Å². The van der Waals surface area contributed by atoms with E-state index in [1.165, 1.54) is 11.1 Å². The van der Waals surface area contributed by atoms with E-state index in [-0.39, 0.29) is 18.6 Å². The van der Waals surface area contributed by atoms with Crippen LogP contribution in [0.3, 0.4) is 0 Å². The maximum Gasteiger partial charge on any atom is 0.265 e. The molecule has 0 aromatic heterocycles. The van der Waals surface area contributed by atoms with E-state index < -0.39 is 6.10 Å². The molecule has 0 unspecified atom stereocenters. The Kier molecular flexibility index (Phi) is 4.74. The van der Waals surface area contributed by atoms with Crippen LogP contribution in [-0.4, -0.2) is 18.6 Å². The van der Waals surface area contributed by atoms with Gasteiger partial charge in [0.1, 0.15) is 6.61 Å². The molecule has 0 spiro atoms. The second-order valence-corrected chi connectivity index (χ2v) is 6.18. The van der Waals surface area contributed by atoms with Crippen molar-refractivity contribution >= 4 is 5.91 Å². The number of fused-ring (bicyclic) bond motifs is 1. The fourth-order valence-corrected chi connectivity index (χ4v) is 2.82. The fraction of sp³-hybridized carbons (Fsp3) is 0.350. The summed E-state index contributed by atoms with van der Waals surface area (Å²) in [5, 5.41) is 3.09. The minimum absolute atomic E-state index is 0.0300. The molecule has 1 amide bonds.